The first-order valence-corrected chi connectivity index (χ1v) is 10.3. The smallest absolute Gasteiger partial charge is 0.226 e. The molecule has 3 aliphatic rings. The van der Waals surface area contributed by atoms with Crippen LogP contribution in [0.3, 0.4) is 0 Å². The van der Waals surface area contributed by atoms with Crippen LogP contribution in [0.2, 0.25) is 5.02 Å². The van der Waals surface area contributed by atoms with Crippen LogP contribution >= 0.6 is 23.8 Å². The van der Waals surface area contributed by atoms with Gasteiger partial charge >= 0.3 is 0 Å². The molecule has 1 aromatic carbocycles. The first-order chi connectivity index (χ1) is 13.4. The van der Waals surface area contributed by atoms with Crippen LogP contribution in [-0.2, 0) is 35.0 Å². The lowest BCUT2D eigenvalue weighted by Crippen LogP contribution is -2.36. The number of hydrogen-bond donors (Lipinski definition) is 1. The molecule has 1 N–H and O–H groups in total. The standard InChI is InChI=1S/C20H21ClFN3O2S/c1-24-16(7-17(26)23-12-4-5-27-9-12)18-14-8-20(14,10-25(18)19(24)28)13-6-11(21)2-3-15(13)22/h2-3,6,12,14H,4-5,7-10H2,1H3,(H,23,26)/t12-,14-,20+/m0/s1. The van der Waals surface area contributed by atoms with Crippen molar-refractivity contribution in [2.24, 2.45) is 7.05 Å². The number of halogens is 2. The first kappa shape index (κ1) is 18.3. The van der Waals surface area contributed by atoms with E-state index in [1.54, 1.807) is 12.1 Å². The highest BCUT2D eigenvalue weighted by Gasteiger charge is 2.63. The van der Waals surface area contributed by atoms with Crippen molar-refractivity contribution in [3.8, 4) is 0 Å². The lowest BCUT2D eigenvalue weighted by molar-refractivity contribution is -0.121. The maximum atomic E-state index is 14.6. The molecule has 1 saturated carbocycles. The van der Waals surface area contributed by atoms with E-state index in [1.807, 2.05) is 11.6 Å². The number of nitrogens with one attached hydrogen (secondary N) is 1. The Kier molecular flexibility index (Phi) is 4.19. The van der Waals surface area contributed by atoms with Crippen LogP contribution in [0.15, 0.2) is 18.2 Å². The molecular weight excluding hydrogens is 401 g/mol. The fourth-order valence-corrected chi connectivity index (χ4v) is 5.39. The molecule has 148 valence electrons. The number of rotatable bonds is 4. The predicted molar refractivity (Wildman–Crippen MR) is 106 cm³/mol. The van der Waals surface area contributed by atoms with Gasteiger partial charge in [-0.2, -0.15) is 0 Å². The molecule has 2 fully saturated rings. The van der Waals surface area contributed by atoms with Gasteiger partial charge in [0.15, 0.2) is 4.77 Å². The van der Waals surface area contributed by atoms with Crippen LogP contribution < -0.4 is 5.32 Å². The summed E-state index contributed by atoms with van der Waals surface area (Å²) in [5, 5.41) is 3.58. The Hall–Kier alpha value is -1.70. The molecule has 1 aromatic heterocycles. The van der Waals surface area contributed by atoms with E-state index < -0.39 is 0 Å². The Labute approximate surface area is 172 Å². The van der Waals surface area contributed by atoms with Gasteiger partial charge < -0.3 is 19.2 Å². The van der Waals surface area contributed by atoms with Crippen LogP contribution in [0.25, 0.3) is 0 Å². The van der Waals surface area contributed by atoms with E-state index >= 15 is 0 Å². The summed E-state index contributed by atoms with van der Waals surface area (Å²) in [7, 11) is 1.90. The van der Waals surface area contributed by atoms with Gasteiger partial charge in [0.05, 0.1) is 19.1 Å². The average molecular weight is 422 g/mol. The van der Waals surface area contributed by atoms with Gasteiger partial charge in [-0.3, -0.25) is 4.79 Å². The molecule has 2 aliphatic heterocycles. The Morgan fingerprint density at radius 1 is 1.50 bits per heavy atom. The highest BCUT2D eigenvalue weighted by atomic mass is 35.5. The SMILES string of the molecule is Cn1c(CC(=O)N[C@H]2CCOC2)c2n(c1=S)C[C@@]1(c3cc(Cl)ccc3F)C[C@@H]21. The number of ether oxygens (including phenoxy) is 1. The predicted octanol–water partition coefficient (Wildman–Crippen LogP) is 3.24. The van der Waals surface area contributed by atoms with Crippen molar-refractivity contribution < 1.29 is 13.9 Å². The molecule has 0 radical (unpaired) electrons. The zero-order valence-electron chi connectivity index (χ0n) is 15.5. The molecule has 5 rings (SSSR count). The summed E-state index contributed by atoms with van der Waals surface area (Å²) in [6, 6.07) is 4.82. The molecule has 2 aromatic rings. The van der Waals surface area contributed by atoms with Crippen LogP contribution in [0.5, 0.6) is 0 Å². The number of amides is 1. The normalized spacial score (nSPS) is 27.5. The second-order valence-electron chi connectivity index (χ2n) is 8.10. The van der Waals surface area contributed by atoms with Crippen LogP contribution in [-0.4, -0.2) is 34.3 Å². The third-order valence-corrected chi connectivity index (χ3v) is 7.17. The molecular formula is C20H21ClFN3O2S. The summed E-state index contributed by atoms with van der Waals surface area (Å²) in [4.78, 5) is 12.6. The van der Waals surface area contributed by atoms with Crippen LogP contribution in [0.4, 0.5) is 4.39 Å². The van der Waals surface area contributed by atoms with Crippen molar-refractivity contribution in [2.45, 2.75) is 43.2 Å². The Morgan fingerprint density at radius 3 is 3.07 bits per heavy atom. The minimum atomic E-state index is -0.295. The second kappa shape index (κ2) is 6.40. The highest BCUT2D eigenvalue weighted by Crippen LogP contribution is 2.66. The number of carbonyl (C=O) groups is 1. The summed E-state index contributed by atoms with van der Waals surface area (Å²) < 4.78 is 24.6. The van der Waals surface area contributed by atoms with Crippen molar-refractivity contribution in [1.82, 2.24) is 14.5 Å². The van der Waals surface area contributed by atoms with E-state index in [0.29, 0.717) is 35.1 Å². The Balaban J connectivity index is 1.46. The molecule has 5 nitrogen and oxygen atoms in total. The molecule has 0 bridgehead atoms. The third-order valence-electron chi connectivity index (χ3n) is 6.44. The van der Waals surface area contributed by atoms with Gasteiger partial charge in [0.2, 0.25) is 5.91 Å². The maximum absolute atomic E-state index is 14.6. The largest absolute Gasteiger partial charge is 0.379 e. The molecule has 28 heavy (non-hydrogen) atoms. The van der Waals surface area contributed by atoms with E-state index in [4.69, 9.17) is 28.6 Å². The van der Waals surface area contributed by atoms with Crippen molar-refractivity contribution in [2.75, 3.05) is 13.2 Å². The fraction of sp³-hybridized carbons (Fsp3) is 0.500. The molecule has 0 unspecified atom stereocenters. The molecule has 1 saturated heterocycles. The van der Waals surface area contributed by atoms with Gasteiger partial charge in [-0.05, 0) is 48.8 Å². The van der Waals surface area contributed by atoms with Gasteiger partial charge in [0, 0.05) is 47.9 Å². The average Bonchev–Trinajstić information content (AvgIpc) is 2.95. The number of benzene rings is 1. The van der Waals surface area contributed by atoms with E-state index in [-0.39, 0.29) is 35.5 Å². The van der Waals surface area contributed by atoms with E-state index in [0.717, 1.165) is 24.2 Å². The lowest BCUT2D eigenvalue weighted by atomic mass is 9.93. The van der Waals surface area contributed by atoms with Gasteiger partial charge in [0.1, 0.15) is 5.82 Å². The Bertz CT molecular complexity index is 1040. The van der Waals surface area contributed by atoms with Crippen molar-refractivity contribution in [3.05, 3.63) is 50.8 Å². The second-order valence-corrected chi connectivity index (χ2v) is 8.90. The topological polar surface area (TPSA) is 48.2 Å². The molecule has 3 heterocycles. The summed E-state index contributed by atoms with van der Waals surface area (Å²) in [5.41, 5.74) is 2.36. The van der Waals surface area contributed by atoms with E-state index in [9.17, 15) is 9.18 Å². The summed E-state index contributed by atoms with van der Waals surface area (Å²) >= 11 is 11.8. The van der Waals surface area contributed by atoms with Crippen molar-refractivity contribution >= 4 is 29.7 Å². The number of carbonyl (C=O) groups excluding carboxylic acids is 1. The molecule has 1 amide bonds. The monoisotopic (exact) mass is 421 g/mol. The fourth-order valence-electron chi connectivity index (χ4n) is 4.94. The third kappa shape index (κ3) is 2.67. The minimum Gasteiger partial charge on any atom is -0.379 e. The molecule has 0 spiro atoms. The van der Waals surface area contributed by atoms with Crippen LogP contribution in [0, 0.1) is 10.6 Å². The van der Waals surface area contributed by atoms with Gasteiger partial charge in [-0.1, -0.05) is 11.6 Å². The van der Waals surface area contributed by atoms with Crippen molar-refractivity contribution in [3.63, 3.8) is 0 Å². The van der Waals surface area contributed by atoms with Gasteiger partial charge in [-0.25, -0.2) is 4.39 Å². The molecule has 3 atom stereocenters. The number of imidazole rings is 1. The lowest BCUT2D eigenvalue weighted by Gasteiger charge is -2.15. The highest BCUT2D eigenvalue weighted by molar-refractivity contribution is 7.71. The number of aromatic nitrogens is 2. The summed E-state index contributed by atoms with van der Waals surface area (Å²) in [6.45, 7) is 1.89. The van der Waals surface area contributed by atoms with Crippen molar-refractivity contribution in [1.29, 1.82) is 0 Å². The first-order valence-electron chi connectivity index (χ1n) is 9.51. The zero-order chi connectivity index (χ0) is 19.6. The number of nitrogens with zero attached hydrogens (tertiary/aromatic N) is 2. The summed E-state index contributed by atoms with van der Waals surface area (Å²) in [5.74, 6) is -0.0870. The molecule has 8 heteroatoms. The zero-order valence-corrected chi connectivity index (χ0v) is 17.1. The minimum absolute atomic E-state index is 0.0263. The number of fused-ring (bicyclic) bond motifs is 3. The van der Waals surface area contributed by atoms with Gasteiger partial charge in [-0.15, -0.1) is 0 Å². The number of hydrogen-bond acceptors (Lipinski definition) is 3. The quantitative estimate of drug-likeness (QED) is 0.771. The molecule has 1 aliphatic carbocycles. The van der Waals surface area contributed by atoms with Gasteiger partial charge in [0.25, 0.3) is 0 Å². The van der Waals surface area contributed by atoms with E-state index in [1.165, 1.54) is 6.07 Å². The maximum Gasteiger partial charge on any atom is 0.226 e. The summed E-state index contributed by atoms with van der Waals surface area (Å²) in [6.07, 6.45) is 1.97. The Morgan fingerprint density at radius 2 is 2.32 bits per heavy atom. The van der Waals surface area contributed by atoms with E-state index in [2.05, 4.69) is 9.88 Å². The van der Waals surface area contributed by atoms with Crippen LogP contribution in [0.1, 0.15) is 35.7 Å².